The van der Waals surface area contributed by atoms with Crippen LogP contribution in [0.15, 0.2) is 30.3 Å². The van der Waals surface area contributed by atoms with Crippen molar-refractivity contribution in [3.05, 3.63) is 35.9 Å². The Kier molecular flexibility index (Phi) is 8.98. The van der Waals surface area contributed by atoms with E-state index in [9.17, 15) is 9.59 Å². The van der Waals surface area contributed by atoms with Crippen molar-refractivity contribution in [1.82, 2.24) is 16.0 Å². The molecule has 5 nitrogen and oxygen atoms in total. The lowest BCUT2D eigenvalue weighted by molar-refractivity contribution is -0.124. The normalized spacial score (nSPS) is 13.2. The van der Waals surface area contributed by atoms with E-state index in [0.717, 1.165) is 25.9 Å². The molecule has 0 aromatic heterocycles. The number of benzene rings is 1. The van der Waals surface area contributed by atoms with Gasteiger partial charge in [-0.15, -0.1) is 0 Å². The van der Waals surface area contributed by atoms with Gasteiger partial charge < -0.3 is 16.0 Å². The van der Waals surface area contributed by atoms with Crippen LogP contribution in [0, 0.1) is 5.92 Å². The van der Waals surface area contributed by atoms with Crippen LogP contribution in [0.3, 0.4) is 0 Å². The molecule has 0 aliphatic carbocycles. The lowest BCUT2D eigenvalue weighted by Crippen LogP contribution is -2.51. The molecule has 2 unspecified atom stereocenters. The summed E-state index contributed by atoms with van der Waals surface area (Å²) >= 11 is 0. The quantitative estimate of drug-likeness (QED) is 0.577. The molecule has 2 atom stereocenters. The van der Waals surface area contributed by atoms with Gasteiger partial charge in [0.15, 0.2) is 0 Å². The molecule has 128 valence electrons. The van der Waals surface area contributed by atoms with Crippen LogP contribution in [0.1, 0.15) is 44.0 Å². The van der Waals surface area contributed by atoms with E-state index in [2.05, 4.69) is 22.9 Å². The van der Waals surface area contributed by atoms with E-state index < -0.39 is 6.04 Å². The van der Waals surface area contributed by atoms with Crippen molar-refractivity contribution in [2.24, 2.45) is 5.92 Å². The Balaban J connectivity index is 2.58. The summed E-state index contributed by atoms with van der Waals surface area (Å²) in [5, 5.41) is 9.00. The Morgan fingerprint density at radius 1 is 1.04 bits per heavy atom. The van der Waals surface area contributed by atoms with Crippen LogP contribution in [0.25, 0.3) is 0 Å². The van der Waals surface area contributed by atoms with E-state index >= 15 is 0 Å². The SMILES string of the molecule is CCCNCCNC(=O)C(NC(=O)c1ccccc1)C(C)CC. The minimum absolute atomic E-state index is 0.0752. The van der Waals surface area contributed by atoms with Gasteiger partial charge in [0.25, 0.3) is 5.91 Å². The van der Waals surface area contributed by atoms with Crippen molar-refractivity contribution in [2.75, 3.05) is 19.6 Å². The van der Waals surface area contributed by atoms with Gasteiger partial charge in [0.2, 0.25) is 5.91 Å². The summed E-state index contributed by atoms with van der Waals surface area (Å²) in [6, 6.07) is 8.46. The van der Waals surface area contributed by atoms with E-state index in [1.807, 2.05) is 32.0 Å². The molecule has 0 saturated carbocycles. The van der Waals surface area contributed by atoms with Crippen molar-refractivity contribution in [1.29, 1.82) is 0 Å². The van der Waals surface area contributed by atoms with Crippen LogP contribution in [-0.4, -0.2) is 37.5 Å². The first-order chi connectivity index (χ1) is 11.1. The highest BCUT2D eigenvalue weighted by Gasteiger charge is 2.25. The van der Waals surface area contributed by atoms with E-state index in [4.69, 9.17) is 0 Å². The number of hydrogen-bond acceptors (Lipinski definition) is 3. The summed E-state index contributed by atoms with van der Waals surface area (Å²) in [5.74, 6) is -0.261. The Bertz CT molecular complexity index is 476. The molecule has 0 fully saturated rings. The zero-order chi connectivity index (χ0) is 17.1. The lowest BCUT2D eigenvalue weighted by Gasteiger charge is -2.23. The summed E-state index contributed by atoms with van der Waals surface area (Å²) in [5.41, 5.74) is 0.568. The van der Waals surface area contributed by atoms with Crippen molar-refractivity contribution < 1.29 is 9.59 Å². The number of amides is 2. The van der Waals surface area contributed by atoms with Crippen LogP contribution < -0.4 is 16.0 Å². The Morgan fingerprint density at radius 3 is 2.35 bits per heavy atom. The second-order valence-corrected chi connectivity index (χ2v) is 5.74. The molecule has 0 aliphatic heterocycles. The first-order valence-electron chi connectivity index (χ1n) is 8.44. The van der Waals surface area contributed by atoms with Crippen LogP contribution >= 0.6 is 0 Å². The van der Waals surface area contributed by atoms with Gasteiger partial charge in [-0.05, 0) is 31.0 Å². The first kappa shape index (κ1) is 19.2. The predicted octanol–water partition coefficient (Wildman–Crippen LogP) is 1.95. The smallest absolute Gasteiger partial charge is 0.251 e. The van der Waals surface area contributed by atoms with E-state index in [1.54, 1.807) is 12.1 Å². The van der Waals surface area contributed by atoms with Gasteiger partial charge in [-0.2, -0.15) is 0 Å². The van der Waals surface area contributed by atoms with Gasteiger partial charge in [-0.1, -0.05) is 45.4 Å². The average Bonchev–Trinajstić information content (AvgIpc) is 2.59. The third-order valence-corrected chi connectivity index (χ3v) is 3.85. The average molecular weight is 319 g/mol. The molecule has 1 aromatic rings. The summed E-state index contributed by atoms with van der Waals surface area (Å²) in [6.07, 6.45) is 1.89. The maximum atomic E-state index is 12.4. The Labute approximate surface area is 139 Å². The molecule has 0 saturated heterocycles. The maximum Gasteiger partial charge on any atom is 0.251 e. The van der Waals surface area contributed by atoms with Crippen LogP contribution in [0.5, 0.6) is 0 Å². The third-order valence-electron chi connectivity index (χ3n) is 3.85. The fourth-order valence-electron chi connectivity index (χ4n) is 2.20. The fourth-order valence-corrected chi connectivity index (χ4v) is 2.20. The molecule has 2 amide bonds. The van der Waals surface area contributed by atoms with Crippen molar-refractivity contribution in [3.8, 4) is 0 Å². The zero-order valence-electron chi connectivity index (χ0n) is 14.4. The molecule has 3 N–H and O–H groups in total. The monoisotopic (exact) mass is 319 g/mol. The Morgan fingerprint density at radius 2 is 1.74 bits per heavy atom. The molecule has 0 bridgehead atoms. The van der Waals surface area contributed by atoms with Gasteiger partial charge in [-0.3, -0.25) is 9.59 Å². The lowest BCUT2D eigenvalue weighted by atomic mass is 9.98. The summed E-state index contributed by atoms with van der Waals surface area (Å²) in [4.78, 5) is 24.7. The van der Waals surface area contributed by atoms with Gasteiger partial charge in [0.05, 0.1) is 0 Å². The highest BCUT2D eigenvalue weighted by atomic mass is 16.2. The fraction of sp³-hybridized carbons (Fsp3) is 0.556. The first-order valence-corrected chi connectivity index (χ1v) is 8.44. The minimum atomic E-state index is -0.515. The molecule has 1 aromatic carbocycles. The van der Waals surface area contributed by atoms with Crippen molar-refractivity contribution in [2.45, 2.75) is 39.7 Å². The number of rotatable bonds is 10. The molecule has 1 rings (SSSR count). The summed E-state index contributed by atoms with van der Waals surface area (Å²) in [6.45, 7) is 8.33. The molecule has 0 heterocycles. The number of carbonyl (C=O) groups excluding carboxylic acids is 2. The molecule has 0 aliphatic rings. The highest BCUT2D eigenvalue weighted by molar-refractivity contribution is 5.97. The standard InChI is InChI=1S/C18H29N3O2/c1-4-11-19-12-13-20-18(23)16(14(3)5-2)21-17(22)15-9-7-6-8-10-15/h6-10,14,16,19H,4-5,11-13H2,1-3H3,(H,20,23)(H,21,22). The second-order valence-electron chi connectivity index (χ2n) is 5.74. The molecule has 0 spiro atoms. The molecule has 5 heteroatoms. The maximum absolute atomic E-state index is 12.4. The number of carbonyl (C=O) groups is 2. The predicted molar refractivity (Wildman–Crippen MR) is 93.3 cm³/mol. The van der Waals surface area contributed by atoms with Gasteiger partial charge in [-0.25, -0.2) is 0 Å². The molecular weight excluding hydrogens is 290 g/mol. The van der Waals surface area contributed by atoms with Crippen molar-refractivity contribution in [3.63, 3.8) is 0 Å². The van der Waals surface area contributed by atoms with Gasteiger partial charge in [0, 0.05) is 18.7 Å². The Hall–Kier alpha value is -1.88. The second kappa shape index (κ2) is 10.8. The van der Waals surface area contributed by atoms with Gasteiger partial charge in [0.1, 0.15) is 6.04 Å². The zero-order valence-corrected chi connectivity index (χ0v) is 14.4. The number of nitrogens with one attached hydrogen (secondary N) is 3. The summed E-state index contributed by atoms with van der Waals surface area (Å²) < 4.78 is 0. The largest absolute Gasteiger partial charge is 0.353 e. The topological polar surface area (TPSA) is 70.2 Å². The summed E-state index contributed by atoms with van der Waals surface area (Å²) in [7, 11) is 0. The van der Waals surface area contributed by atoms with Crippen LogP contribution in [-0.2, 0) is 4.79 Å². The minimum Gasteiger partial charge on any atom is -0.353 e. The molecule has 0 radical (unpaired) electrons. The van der Waals surface area contributed by atoms with Crippen molar-refractivity contribution >= 4 is 11.8 Å². The van der Waals surface area contributed by atoms with Crippen LogP contribution in [0.2, 0.25) is 0 Å². The molecule has 23 heavy (non-hydrogen) atoms. The third kappa shape index (κ3) is 6.82. The van der Waals surface area contributed by atoms with E-state index in [1.165, 1.54) is 0 Å². The van der Waals surface area contributed by atoms with E-state index in [0.29, 0.717) is 12.1 Å². The van der Waals surface area contributed by atoms with E-state index in [-0.39, 0.29) is 17.7 Å². The number of hydrogen-bond donors (Lipinski definition) is 3. The van der Waals surface area contributed by atoms with Gasteiger partial charge >= 0.3 is 0 Å². The molecular formula is C18H29N3O2. The highest BCUT2D eigenvalue weighted by Crippen LogP contribution is 2.09. The van der Waals surface area contributed by atoms with Crippen LogP contribution in [0.4, 0.5) is 0 Å².